The molecule has 1 saturated carbocycles. The molecule has 0 amide bonds. The molecule has 1 N–H and O–H groups in total. The fourth-order valence-electron chi connectivity index (χ4n) is 2.04. The molecule has 0 saturated heterocycles. The minimum atomic E-state index is 0.492. The van der Waals surface area contributed by atoms with Crippen LogP contribution in [0, 0.1) is 12.8 Å². The first-order chi connectivity index (χ1) is 6.68. The van der Waals surface area contributed by atoms with Gasteiger partial charge < -0.3 is 5.32 Å². The van der Waals surface area contributed by atoms with Gasteiger partial charge in [-0.05, 0) is 37.3 Å². The standard InChI is InChI=1S/C13H19N/c1-9-6-4-5-7-12(9)11(3)14-13-8-10(13)2/h4-7,10-11,13-14H,8H2,1-3H3. The summed E-state index contributed by atoms with van der Waals surface area (Å²) >= 11 is 0. The van der Waals surface area contributed by atoms with E-state index in [4.69, 9.17) is 0 Å². The second-order valence-corrected chi connectivity index (χ2v) is 4.56. The van der Waals surface area contributed by atoms with Crippen molar-refractivity contribution in [3.05, 3.63) is 35.4 Å². The van der Waals surface area contributed by atoms with Gasteiger partial charge in [-0.15, -0.1) is 0 Å². The number of rotatable bonds is 3. The molecule has 1 heteroatoms. The molecule has 1 aromatic rings. The number of hydrogen-bond acceptors (Lipinski definition) is 1. The van der Waals surface area contributed by atoms with Crippen molar-refractivity contribution in [2.24, 2.45) is 5.92 Å². The molecule has 3 atom stereocenters. The summed E-state index contributed by atoms with van der Waals surface area (Å²) in [5.41, 5.74) is 2.83. The topological polar surface area (TPSA) is 12.0 Å². The minimum Gasteiger partial charge on any atom is -0.307 e. The van der Waals surface area contributed by atoms with Gasteiger partial charge in [-0.25, -0.2) is 0 Å². The summed E-state index contributed by atoms with van der Waals surface area (Å²) in [6, 6.07) is 9.88. The van der Waals surface area contributed by atoms with Crippen molar-refractivity contribution >= 4 is 0 Å². The third-order valence-electron chi connectivity index (χ3n) is 3.23. The van der Waals surface area contributed by atoms with Crippen LogP contribution < -0.4 is 5.32 Å². The predicted molar refractivity (Wildman–Crippen MR) is 60.3 cm³/mol. The molecule has 1 aliphatic carbocycles. The van der Waals surface area contributed by atoms with Gasteiger partial charge in [-0.3, -0.25) is 0 Å². The van der Waals surface area contributed by atoms with Gasteiger partial charge in [0.15, 0.2) is 0 Å². The molecule has 76 valence electrons. The lowest BCUT2D eigenvalue weighted by atomic mass is 10.0. The highest BCUT2D eigenvalue weighted by Gasteiger charge is 2.33. The Hall–Kier alpha value is -0.820. The molecule has 0 aliphatic heterocycles. The molecule has 14 heavy (non-hydrogen) atoms. The zero-order valence-electron chi connectivity index (χ0n) is 9.25. The van der Waals surface area contributed by atoms with Gasteiger partial charge in [0.2, 0.25) is 0 Å². The Morgan fingerprint density at radius 1 is 1.36 bits per heavy atom. The summed E-state index contributed by atoms with van der Waals surface area (Å²) in [6.45, 7) is 6.75. The maximum absolute atomic E-state index is 3.66. The van der Waals surface area contributed by atoms with Gasteiger partial charge in [0, 0.05) is 12.1 Å². The van der Waals surface area contributed by atoms with Crippen molar-refractivity contribution in [3.63, 3.8) is 0 Å². The molecular weight excluding hydrogens is 170 g/mol. The quantitative estimate of drug-likeness (QED) is 0.770. The van der Waals surface area contributed by atoms with Crippen LogP contribution in [0.15, 0.2) is 24.3 Å². The number of aryl methyl sites for hydroxylation is 1. The van der Waals surface area contributed by atoms with E-state index in [1.54, 1.807) is 0 Å². The van der Waals surface area contributed by atoms with Crippen molar-refractivity contribution in [2.75, 3.05) is 0 Å². The van der Waals surface area contributed by atoms with Gasteiger partial charge in [0.05, 0.1) is 0 Å². The van der Waals surface area contributed by atoms with Gasteiger partial charge in [0.1, 0.15) is 0 Å². The maximum atomic E-state index is 3.66. The fourth-order valence-corrected chi connectivity index (χ4v) is 2.04. The van der Waals surface area contributed by atoms with Crippen LogP contribution in [0.25, 0.3) is 0 Å². The smallest absolute Gasteiger partial charge is 0.0297 e. The summed E-state index contributed by atoms with van der Waals surface area (Å²) in [4.78, 5) is 0. The summed E-state index contributed by atoms with van der Waals surface area (Å²) < 4.78 is 0. The van der Waals surface area contributed by atoms with E-state index >= 15 is 0 Å². The van der Waals surface area contributed by atoms with Gasteiger partial charge in [-0.1, -0.05) is 31.2 Å². The molecule has 1 fully saturated rings. The van der Waals surface area contributed by atoms with Crippen LogP contribution in [0.5, 0.6) is 0 Å². The molecule has 0 bridgehead atoms. The molecule has 1 aliphatic rings. The highest BCUT2D eigenvalue weighted by molar-refractivity contribution is 5.28. The molecule has 0 heterocycles. The summed E-state index contributed by atoms with van der Waals surface area (Å²) in [6.07, 6.45) is 1.34. The zero-order valence-corrected chi connectivity index (χ0v) is 9.25. The maximum Gasteiger partial charge on any atom is 0.0297 e. The van der Waals surface area contributed by atoms with E-state index in [0.29, 0.717) is 6.04 Å². The third kappa shape index (κ3) is 1.98. The molecular formula is C13H19N. The molecule has 2 rings (SSSR count). The fraction of sp³-hybridized carbons (Fsp3) is 0.538. The monoisotopic (exact) mass is 189 g/mol. The number of nitrogens with one attached hydrogen (secondary N) is 1. The number of benzene rings is 1. The van der Waals surface area contributed by atoms with Crippen LogP contribution >= 0.6 is 0 Å². The van der Waals surface area contributed by atoms with Crippen LogP contribution in [0.1, 0.15) is 37.4 Å². The Kier molecular flexibility index (Phi) is 2.60. The van der Waals surface area contributed by atoms with Crippen molar-refractivity contribution in [3.8, 4) is 0 Å². The lowest BCUT2D eigenvalue weighted by Crippen LogP contribution is -2.22. The first-order valence-electron chi connectivity index (χ1n) is 5.50. The summed E-state index contributed by atoms with van der Waals surface area (Å²) in [7, 11) is 0. The van der Waals surface area contributed by atoms with Crippen LogP contribution in [-0.4, -0.2) is 6.04 Å². The normalized spacial score (nSPS) is 27.4. The van der Waals surface area contributed by atoms with E-state index in [1.165, 1.54) is 17.5 Å². The van der Waals surface area contributed by atoms with Gasteiger partial charge >= 0.3 is 0 Å². The SMILES string of the molecule is Cc1ccccc1C(C)NC1CC1C. The van der Waals surface area contributed by atoms with E-state index in [2.05, 4.69) is 50.4 Å². The van der Waals surface area contributed by atoms with E-state index < -0.39 is 0 Å². The lowest BCUT2D eigenvalue weighted by Gasteiger charge is -2.16. The predicted octanol–water partition coefficient (Wildman–Crippen LogP) is 3.05. The molecule has 0 spiro atoms. The van der Waals surface area contributed by atoms with Crippen molar-refractivity contribution in [1.82, 2.24) is 5.32 Å². The average molecular weight is 189 g/mol. The minimum absolute atomic E-state index is 0.492. The largest absolute Gasteiger partial charge is 0.307 e. The van der Waals surface area contributed by atoms with E-state index in [-0.39, 0.29) is 0 Å². The third-order valence-corrected chi connectivity index (χ3v) is 3.23. The highest BCUT2D eigenvalue weighted by atomic mass is 15.0. The molecule has 0 aromatic heterocycles. The molecule has 1 aromatic carbocycles. The van der Waals surface area contributed by atoms with Crippen LogP contribution in [0.2, 0.25) is 0 Å². The van der Waals surface area contributed by atoms with Crippen LogP contribution in [0.3, 0.4) is 0 Å². The Bertz CT molecular complexity index is 319. The lowest BCUT2D eigenvalue weighted by molar-refractivity contribution is 0.550. The molecule has 0 radical (unpaired) electrons. The first-order valence-corrected chi connectivity index (χ1v) is 5.50. The average Bonchev–Trinajstić information content (AvgIpc) is 2.82. The Morgan fingerprint density at radius 3 is 2.57 bits per heavy atom. The van der Waals surface area contributed by atoms with Crippen LogP contribution in [-0.2, 0) is 0 Å². The zero-order chi connectivity index (χ0) is 10.1. The van der Waals surface area contributed by atoms with Gasteiger partial charge in [-0.2, -0.15) is 0 Å². The van der Waals surface area contributed by atoms with Crippen molar-refractivity contribution < 1.29 is 0 Å². The summed E-state index contributed by atoms with van der Waals surface area (Å²) in [5, 5.41) is 3.66. The van der Waals surface area contributed by atoms with Crippen molar-refractivity contribution in [1.29, 1.82) is 0 Å². The Morgan fingerprint density at radius 2 is 2.00 bits per heavy atom. The number of hydrogen-bond donors (Lipinski definition) is 1. The first kappa shape index (κ1) is 9.72. The molecule has 1 nitrogen and oxygen atoms in total. The van der Waals surface area contributed by atoms with Gasteiger partial charge in [0.25, 0.3) is 0 Å². The van der Waals surface area contributed by atoms with Crippen molar-refractivity contribution in [2.45, 2.75) is 39.3 Å². The Labute approximate surface area is 86.5 Å². The molecule has 3 unspecified atom stereocenters. The second-order valence-electron chi connectivity index (χ2n) is 4.56. The van der Waals surface area contributed by atoms with Crippen LogP contribution in [0.4, 0.5) is 0 Å². The van der Waals surface area contributed by atoms with E-state index in [1.807, 2.05) is 0 Å². The summed E-state index contributed by atoms with van der Waals surface area (Å²) in [5.74, 6) is 0.876. The highest BCUT2D eigenvalue weighted by Crippen LogP contribution is 2.32. The Balaban J connectivity index is 2.03. The van der Waals surface area contributed by atoms with E-state index in [0.717, 1.165) is 12.0 Å². The van der Waals surface area contributed by atoms with E-state index in [9.17, 15) is 0 Å². The second kappa shape index (κ2) is 3.74.